The van der Waals surface area contributed by atoms with Crippen LogP contribution in [0.4, 0.5) is 0 Å². The molecule has 3 unspecified atom stereocenters. The highest BCUT2D eigenvalue weighted by atomic mass is 31.2. The van der Waals surface area contributed by atoms with E-state index in [1.165, 1.54) is 77.0 Å². The number of phosphoric acid groups is 1. The topological polar surface area (TPSA) is 108 Å². The van der Waals surface area contributed by atoms with Crippen LogP contribution in [0.25, 0.3) is 0 Å². The summed E-state index contributed by atoms with van der Waals surface area (Å²) in [7, 11) is 1.23. The Morgan fingerprint density at radius 2 is 1.19 bits per heavy atom. The number of nitrogens with one attached hydrogen (secondary N) is 1. The number of carbonyl (C=O) groups is 1. The molecule has 0 heterocycles. The highest BCUT2D eigenvalue weighted by Crippen LogP contribution is 2.38. The summed E-state index contributed by atoms with van der Waals surface area (Å²) in [5.74, 6) is -0.216. The van der Waals surface area contributed by atoms with Gasteiger partial charge in [0, 0.05) is 6.42 Å². The van der Waals surface area contributed by atoms with E-state index < -0.39 is 26.6 Å². The minimum absolute atomic E-state index is 0.00845. The molecule has 0 bridgehead atoms. The molecule has 8 nitrogen and oxygen atoms in total. The van der Waals surface area contributed by atoms with E-state index >= 15 is 0 Å². The summed E-state index contributed by atoms with van der Waals surface area (Å²) >= 11 is 0. The molecule has 0 aliphatic carbocycles. The molecule has 0 aromatic heterocycles. The molecular formula is C38H73N2O6P. The second-order valence-electron chi connectivity index (χ2n) is 13.9. The Labute approximate surface area is 289 Å². The first kappa shape index (κ1) is 45.7. The predicted molar refractivity (Wildman–Crippen MR) is 196 cm³/mol. The van der Waals surface area contributed by atoms with Crippen molar-refractivity contribution < 1.29 is 32.9 Å². The molecule has 0 aliphatic rings. The van der Waals surface area contributed by atoms with Gasteiger partial charge in [0.25, 0.3) is 7.82 Å². The van der Waals surface area contributed by atoms with Crippen molar-refractivity contribution in [3.05, 3.63) is 36.5 Å². The molecule has 47 heavy (non-hydrogen) atoms. The van der Waals surface area contributed by atoms with Crippen LogP contribution < -0.4 is 10.2 Å². The zero-order valence-electron chi connectivity index (χ0n) is 31.0. The molecule has 2 N–H and O–H groups in total. The van der Waals surface area contributed by atoms with Crippen molar-refractivity contribution in [2.24, 2.45) is 0 Å². The zero-order valence-corrected chi connectivity index (χ0v) is 31.9. The Bertz CT molecular complexity index is 871. The lowest BCUT2D eigenvalue weighted by Crippen LogP contribution is -2.45. The number of nitrogens with zero attached hydrogens (tertiary/aromatic N) is 1. The fraction of sp³-hybridized carbons (Fsp3) is 0.816. The second-order valence-corrected chi connectivity index (χ2v) is 15.3. The molecular weight excluding hydrogens is 611 g/mol. The van der Waals surface area contributed by atoms with Gasteiger partial charge in [-0.05, 0) is 44.9 Å². The number of carbonyl (C=O) groups excluding carboxylic acids is 1. The number of hydrogen-bond donors (Lipinski definition) is 2. The van der Waals surface area contributed by atoms with Crippen molar-refractivity contribution in [3.63, 3.8) is 0 Å². The number of aliphatic hydroxyl groups is 1. The maximum atomic E-state index is 12.7. The van der Waals surface area contributed by atoms with Crippen molar-refractivity contribution >= 4 is 13.7 Å². The molecule has 9 heteroatoms. The first-order chi connectivity index (χ1) is 22.5. The van der Waals surface area contributed by atoms with Crippen molar-refractivity contribution in [3.8, 4) is 0 Å². The summed E-state index contributed by atoms with van der Waals surface area (Å²) in [5, 5.41) is 13.6. The van der Waals surface area contributed by atoms with Crippen molar-refractivity contribution in [1.82, 2.24) is 5.32 Å². The van der Waals surface area contributed by atoms with E-state index in [4.69, 9.17) is 9.05 Å². The number of phosphoric ester groups is 1. The quantitative estimate of drug-likeness (QED) is 0.0309. The van der Waals surface area contributed by atoms with Crippen LogP contribution in [0.2, 0.25) is 0 Å². The number of allylic oxidation sites excluding steroid dienone is 5. The Balaban J connectivity index is 4.64. The van der Waals surface area contributed by atoms with E-state index in [2.05, 4.69) is 43.5 Å². The summed E-state index contributed by atoms with van der Waals surface area (Å²) in [6.45, 7) is 4.55. The van der Waals surface area contributed by atoms with Gasteiger partial charge in [-0.3, -0.25) is 9.36 Å². The van der Waals surface area contributed by atoms with Crippen LogP contribution in [0.5, 0.6) is 0 Å². The summed E-state index contributed by atoms with van der Waals surface area (Å²) in [6, 6.07) is -0.903. The third-order valence-electron chi connectivity index (χ3n) is 8.08. The van der Waals surface area contributed by atoms with Gasteiger partial charge in [0.2, 0.25) is 5.91 Å². The third kappa shape index (κ3) is 33.0. The second kappa shape index (κ2) is 30.8. The molecule has 0 aromatic rings. The molecule has 3 atom stereocenters. The number of quaternary nitrogens is 1. The monoisotopic (exact) mass is 685 g/mol. The lowest BCUT2D eigenvalue weighted by molar-refractivity contribution is -0.870. The lowest BCUT2D eigenvalue weighted by Gasteiger charge is -2.29. The molecule has 1 amide bonds. The standard InChI is InChI=1S/C38H73N2O6P/c1-6-8-10-12-14-16-18-20-21-23-25-27-29-31-37(41)36(35-46-47(43,44)45-34-33-40(3,4)5)39-38(42)32-30-28-26-24-22-19-17-15-13-11-9-7-2/h14,16,21,23,29,31,36-37,41H,6-13,15,17-20,22,24-28,30,32-35H2,1-5H3,(H-,39,42,43,44)/b16-14+,23-21+,31-29+. The average molecular weight is 685 g/mol. The SMILES string of the molecule is CCCCC/C=C/CC/C=C/CC/C=C/C(O)C(COP(=O)([O-])OCC[N+](C)(C)C)NC(=O)CCCCCCCCCCCCCC. The largest absolute Gasteiger partial charge is 0.756 e. The van der Waals surface area contributed by atoms with Crippen LogP contribution in [0, 0.1) is 0 Å². The van der Waals surface area contributed by atoms with E-state index in [9.17, 15) is 19.4 Å². The fourth-order valence-electron chi connectivity index (χ4n) is 5.00. The van der Waals surface area contributed by atoms with Crippen LogP contribution in [0.1, 0.15) is 149 Å². The summed E-state index contributed by atoms with van der Waals surface area (Å²) in [5.41, 5.74) is 0. The van der Waals surface area contributed by atoms with Gasteiger partial charge in [0.15, 0.2) is 0 Å². The van der Waals surface area contributed by atoms with Crippen LogP contribution >= 0.6 is 7.82 Å². The number of unbranched alkanes of at least 4 members (excludes halogenated alkanes) is 16. The van der Waals surface area contributed by atoms with Crippen LogP contribution in [-0.2, 0) is 18.4 Å². The first-order valence-corrected chi connectivity index (χ1v) is 20.3. The highest BCUT2D eigenvalue weighted by Gasteiger charge is 2.23. The van der Waals surface area contributed by atoms with Gasteiger partial charge >= 0.3 is 0 Å². The molecule has 0 fully saturated rings. The van der Waals surface area contributed by atoms with Crippen LogP contribution in [0.15, 0.2) is 36.5 Å². The van der Waals surface area contributed by atoms with E-state index in [1.807, 2.05) is 27.2 Å². The number of likely N-dealkylation sites (N-methyl/N-ethyl adjacent to an activating group) is 1. The highest BCUT2D eigenvalue weighted by molar-refractivity contribution is 7.45. The van der Waals surface area contributed by atoms with Gasteiger partial charge in [-0.2, -0.15) is 0 Å². The van der Waals surface area contributed by atoms with Gasteiger partial charge in [0.05, 0.1) is 39.9 Å². The smallest absolute Gasteiger partial charge is 0.268 e. The van der Waals surface area contributed by atoms with Crippen LogP contribution in [-0.4, -0.2) is 68.5 Å². The predicted octanol–water partition coefficient (Wildman–Crippen LogP) is 8.94. The molecule has 0 saturated carbocycles. The number of hydrogen-bond acceptors (Lipinski definition) is 6. The van der Waals surface area contributed by atoms with Gasteiger partial charge in [-0.15, -0.1) is 0 Å². The Morgan fingerprint density at radius 1 is 0.723 bits per heavy atom. The first-order valence-electron chi connectivity index (χ1n) is 18.9. The molecule has 0 aliphatic heterocycles. The minimum atomic E-state index is -4.59. The van der Waals surface area contributed by atoms with Crippen molar-refractivity contribution in [2.75, 3.05) is 40.9 Å². The van der Waals surface area contributed by atoms with Gasteiger partial charge < -0.3 is 28.8 Å². The van der Waals surface area contributed by atoms with Gasteiger partial charge in [0.1, 0.15) is 13.2 Å². The lowest BCUT2D eigenvalue weighted by atomic mass is 10.0. The maximum absolute atomic E-state index is 12.7. The Kier molecular flexibility index (Phi) is 29.9. The van der Waals surface area contributed by atoms with E-state index in [0.29, 0.717) is 17.4 Å². The Morgan fingerprint density at radius 3 is 1.72 bits per heavy atom. The molecule has 0 aromatic carbocycles. The van der Waals surface area contributed by atoms with E-state index in [-0.39, 0.29) is 12.5 Å². The van der Waals surface area contributed by atoms with Crippen LogP contribution in [0.3, 0.4) is 0 Å². The summed E-state index contributed by atoms with van der Waals surface area (Å²) in [4.78, 5) is 25.1. The normalized spacial score (nSPS) is 15.1. The van der Waals surface area contributed by atoms with Crippen molar-refractivity contribution in [2.45, 2.75) is 161 Å². The van der Waals surface area contributed by atoms with Gasteiger partial charge in [-0.25, -0.2) is 0 Å². The number of amides is 1. The summed E-state index contributed by atoms with van der Waals surface area (Å²) < 4.78 is 23.0. The molecule has 276 valence electrons. The molecule has 0 spiro atoms. The summed E-state index contributed by atoms with van der Waals surface area (Å²) in [6.07, 6.45) is 34.7. The Hall–Kier alpha value is -1.28. The van der Waals surface area contributed by atoms with Gasteiger partial charge in [-0.1, -0.05) is 134 Å². The fourth-order valence-corrected chi connectivity index (χ4v) is 5.73. The zero-order chi connectivity index (χ0) is 35.1. The molecule has 0 saturated heterocycles. The number of rotatable bonds is 33. The van der Waals surface area contributed by atoms with Crippen molar-refractivity contribution in [1.29, 1.82) is 0 Å². The maximum Gasteiger partial charge on any atom is 0.268 e. The third-order valence-corrected chi connectivity index (χ3v) is 9.04. The number of aliphatic hydroxyl groups excluding tert-OH is 1. The van der Waals surface area contributed by atoms with E-state index in [1.54, 1.807) is 6.08 Å². The molecule has 0 radical (unpaired) electrons. The minimum Gasteiger partial charge on any atom is -0.756 e. The average Bonchev–Trinajstić information content (AvgIpc) is 3.01. The molecule has 0 rings (SSSR count). The van der Waals surface area contributed by atoms with E-state index in [0.717, 1.165) is 51.4 Å².